The third-order valence-corrected chi connectivity index (χ3v) is 8.09. The van der Waals surface area contributed by atoms with Crippen LogP contribution in [0.5, 0.6) is 5.75 Å². The van der Waals surface area contributed by atoms with E-state index >= 15 is 0 Å². The molecule has 3 aliphatic carbocycles. The Kier molecular flexibility index (Phi) is 6.60. The number of aliphatic hydroxyl groups excluding tert-OH is 3. The van der Waals surface area contributed by atoms with Crippen LogP contribution in [0.2, 0.25) is 0 Å². The quantitative estimate of drug-likeness (QED) is 0.293. The molecule has 0 bridgehead atoms. The zero-order chi connectivity index (χ0) is 31.0. The number of phenols is 1. The van der Waals surface area contributed by atoms with Crippen LogP contribution in [-0.2, 0) is 20.6 Å². The van der Waals surface area contributed by atoms with Gasteiger partial charge in [0, 0.05) is 5.92 Å². The van der Waals surface area contributed by atoms with Crippen molar-refractivity contribution in [1.82, 2.24) is 4.90 Å². The number of carbonyl (C=O) groups excluding carboxylic acids is 3. The van der Waals surface area contributed by atoms with Crippen LogP contribution >= 0.6 is 0 Å². The molecule has 0 saturated heterocycles. The van der Waals surface area contributed by atoms with Gasteiger partial charge in [-0.25, -0.2) is 0 Å². The Balaban J connectivity index is 1.81. The maximum Gasteiger partial charge on any atom is 0.416 e. The molecule has 0 aromatic heterocycles. The monoisotopic (exact) mass is 586 g/mol. The van der Waals surface area contributed by atoms with Crippen LogP contribution in [0.15, 0.2) is 59.4 Å². The minimum absolute atomic E-state index is 0.0606. The van der Waals surface area contributed by atoms with E-state index in [1.807, 2.05) is 0 Å². The molecule has 42 heavy (non-hydrogen) atoms. The van der Waals surface area contributed by atoms with Crippen LogP contribution < -0.4 is 5.73 Å². The van der Waals surface area contributed by atoms with Gasteiger partial charge in [0.2, 0.25) is 5.78 Å². The Morgan fingerprint density at radius 3 is 2.21 bits per heavy atom. The number of ketones is 2. The minimum atomic E-state index is -4.61. The number of halogens is 3. The third-order valence-electron chi connectivity index (χ3n) is 8.09. The van der Waals surface area contributed by atoms with Gasteiger partial charge in [0.05, 0.1) is 34.8 Å². The number of alkyl halides is 3. The van der Waals surface area contributed by atoms with Crippen LogP contribution in [0.4, 0.5) is 13.2 Å². The summed E-state index contributed by atoms with van der Waals surface area (Å²) in [5, 5.41) is 56.5. The number of primary amides is 1. The molecule has 1 amide bonds. The molecule has 5 atom stereocenters. The van der Waals surface area contributed by atoms with E-state index in [0.717, 1.165) is 24.3 Å². The van der Waals surface area contributed by atoms with Gasteiger partial charge in [-0.05, 0) is 49.0 Å². The third kappa shape index (κ3) is 3.95. The highest BCUT2D eigenvalue weighted by molar-refractivity contribution is 6.25. The molecule has 1 saturated carbocycles. The van der Waals surface area contributed by atoms with Gasteiger partial charge >= 0.3 is 6.18 Å². The topological polar surface area (TPSA) is 182 Å². The van der Waals surface area contributed by atoms with Crippen molar-refractivity contribution in [3.63, 3.8) is 0 Å². The Hall–Kier alpha value is -4.46. The summed E-state index contributed by atoms with van der Waals surface area (Å²) in [6, 6.07) is 6.40. The average Bonchev–Trinajstić information content (AvgIpc) is 2.89. The first-order valence-corrected chi connectivity index (χ1v) is 12.6. The molecule has 2 aromatic rings. The molecule has 0 radical (unpaired) electrons. The van der Waals surface area contributed by atoms with E-state index in [4.69, 9.17) is 5.73 Å². The van der Waals surface area contributed by atoms with Crippen molar-refractivity contribution in [3.05, 3.63) is 81.6 Å². The van der Waals surface area contributed by atoms with Gasteiger partial charge in [0.1, 0.15) is 22.8 Å². The van der Waals surface area contributed by atoms with Gasteiger partial charge in [0.25, 0.3) is 5.91 Å². The van der Waals surface area contributed by atoms with E-state index in [-0.39, 0.29) is 22.3 Å². The van der Waals surface area contributed by atoms with Gasteiger partial charge in [0.15, 0.2) is 11.4 Å². The van der Waals surface area contributed by atoms with E-state index in [0.29, 0.717) is 0 Å². The second kappa shape index (κ2) is 9.54. The molecule has 10 nitrogen and oxygen atoms in total. The van der Waals surface area contributed by atoms with Gasteiger partial charge in [-0.15, -0.1) is 0 Å². The minimum Gasteiger partial charge on any atom is -0.508 e. The fourth-order valence-electron chi connectivity index (χ4n) is 6.26. The van der Waals surface area contributed by atoms with Crippen molar-refractivity contribution >= 4 is 34.9 Å². The summed E-state index contributed by atoms with van der Waals surface area (Å²) >= 11 is 0. The maximum absolute atomic E-state index is 14.1. The molecule has 0 unspecified atom stereocenters. The molecule has 220 valence electrons. The highest BCUT2D eigenvalue weighted by Crippen LogP contribution is 2.56. The van der Waals surface area contributed by atoms with Crippen LogP contribution in [0, 0.1) is 11.8 Å². The molecular formula is C29H25F3N2O8. The van der Waals surface area contributed by atoms with Crippen LogP contribution in [-0.4, -0.2) is 79.7 Å². The number of nitrogens with two attached hydrogens (primary N) is 1. The first-order valence-electron chi connectivity index (χ1n) is 12.6. The van der Waals surface area contributed by atoms with E-state index in [1.165, 1.54) is 43.3 Å². The van der Waals surface area contributed by atoms with Crippen molar-refractivity contribution in [2.75, 3.05) is 14.1 Å². The molecule has 3 aliphatic rings. The largest absolute Gasteiger partial charge is 0.508 e. The summed E-state index contributed by atoms with van der Waals surface area (Å²) in [4.78, 5) is 40.8. The molecule has 7 N–H and O–H groups in total. The molecule has 0 spiro atoms. The number of rotatable bonds is 3. The SMILES string of the molecule is CN(C)[C@H]1C(=O)C(C(N)=O)=C(O)[C@@]2(O)C(=O)C3=C(O)c4c(O)cccc4/C(=C\c4ccc(C(F)(F)F)cc4)[C@H]3[C@H](O)[C@H]12. The lowest BCUT2D eigenvalue weighted by Gasteiger charge is -2.53. The molecule has 5 rings (SSSR count). The predicted octanol–water partition coefficient (Wildman–Crippen LogP) is 1.95. The normalized spacial score (nSPS) is 28.6. The number of fused-ring (bicyclic) bond motifs is 3. The summed E-state index contributed by atoms with van der Waals surface area (Å²) in [5.74, 6) is -9.91. The smallest absolute Gasteiger partial charge is 0.416 e. The van der Waals surface area contributed by atoms with Gasteiger partial charge in [-0.1, -0.05) is 30.3 Å². The van der Waals surface area contributed by atoms with Gasteiger partial charge < -0.3 is 31.3 Å². The number of benzene rings is 2. The number of Topliss-reactive ketones (excluding diaryl/α,β-unsaturated/α-hetero) is 2. The van der Waals surface area contributed by atoms with Crippen molar-refractivity contribution in [3.8, 4) is 5.75 Å². The van der Waals surface area contributed by atoms with E-state index in [2.05, 4.69) is 0 Å². The summed E-state index contributed by atoms with van der Waals surface area (Å²) in [6.07, 6.45) is -5.17. The second-order valence-electron chi connectivity index (χ2n) is 10.6. The average molecular weight is 587 g/mol. The zero-order valence-electron chi connectivity index (χ0n) is 22.0. The highest BCUT2D eigenvalue weighted by Gasteiger charge is 2.68. The Morgan fingerprint density at radius 2 is 1.67 bits per heavy atom. The molecule has 1 fully saturated rings. The number of aliphatic hydroxyl groups is 4. The Morgan fingerprint density at radius 1 is 1.05 bits per heavy atom. The van der Waals surface area contributed by atoms with Gasteiger partial charge in [-0.2, -0.15) is 13.2 Å². The summed E-state index contributed by atoms with van der Waals surface area (Å²) < 4.78 is 39.5. The lowest BCUT2D eigenvalue weighted by molar-refractivity contribution is -0.166. The number of likely N-dealkylation sites (N-methyl/N-ethyl adjacent to an activating group) is 1. The number of amides is 1. The lowest BCUT2D eigenvalue weighted by Crippen LogP contribution is -2.70. The van der Waals surface area contributed by atoms with Crippen LogP contribution in [0.1, 0.15) is 22.3 Å². The van der Waals surface area contributed by atoms with E-state index < -0.39 is 87.2 Å². The van der Waals surface area contributed by atoms with Crippen molar-refractivity contribution in [2.24, 2.45) is 17.6 Å². The lowest BCUT2D eigenvalue weighted by atomic mass is 9.55. The molecule has 13 heteroatoms. The molecular weight excluding hydrogens is 561 g/mol. The predicted molar refractivity (Wildman–Crippen MR) is 141 cm³/mol. The number of nitrogens with zero attached hydrogens (tertiary/aromatic N) is 1. The van der Waals surface area contributed by atoms with Crippen LogP contribution in [0.3, 0.4) is 0 Å². The maximum atomic E-state index is 14.1. The van der Waals surface area contributed by atoms with Crippen molar-refractivity contribution in [1.29, 1.82) is 0 Å². The standard InChI is InChI=1S/C29H25F3N2O8/c1-34(2)21-20-23(37)17-14(10-11-6-8-12(9-7-11)29(30,31)32)13-4-3-5-15(35)16(13)22(36)18(17)25(39)28(20,42)26(40)19(24(21)38)27(33)41/h3-10,17,20-21,23,35-37,40,42H,1-2H3,(H2,33,41)/b14-10+/t17-,20+,21-,23+,28+/m1/s1. The molecule has 0 aliphatic heterocycles. The summed E-state index contributed by atoms with van der Waals surface area (Å²) in [7, 11) is 2.74. The Bertz CT molecular complexity index is 1640. The zero-order valence-corrected chi connectivity index (χ0v) is 22.0. The second-order valence-corrected chi connectivity index (χ2v) is 10.6. The number of aromatic hydroxyl groups is 1. The fourth-order valence-corrected chi connectivity index (χ4v) is 6.26. The summed E-state index contributed by atoms with van der Waals surface area (Å²) in [5.41, 5.74) is -0.349. The van der Waals surface area contributed by atoms with Crippen molar-refractivity contribution in [2.45, 2.75) is 23.9 Å². The number of hydrogen-bond acceptors (Lipinski definition) is 9. The molecule has 2 aromatic carbocycles. The molecule has 0 heterocycles. The first kappa shape index (κ1) is 29.0. The van der Waals surface area contributed by atoms with E-state index in [9.17, 15) is 53.1 Å². The Labute approximate surface area is 236 Å². The van der Waals surface area contributed by atoms with Crippen molar-refractivity contribution < 1.29 is 53.1 Å². The summed E-state index contributed by atoms with van der Waals surface area (Å²) in [6.45, 7) is 0. The number of carbonyl (C=O) groups is 3. The number of hydrogen-bond donors (Lipinski definition) is 6. The highest BCUT2D eigenvalue weighted by atomic mass is 19.4. The first-order chi connectivity index (χ1) is 19.5. The fraction of sp³-hybridized carbons (Fsp3) is 0.276. The van der Waals surface area contributed by atoms with Crippen LogP contribution in [0.25, 0.3) is 17.4 Å². The van der Waals surface area contributed by atoms with Gasteiger partial charge in [-0.3, -0.25) is 19.3 Å². The van der Waals surface area contributed by atoms with E-state index in [1.54, 1.807) is 0 Å². The number of phenolic OH excluding ortho intramolecular Hbond substituents is 1.